The van der Waals surface area contributed by atoms with E-state index in [0.29, 0.717) is 36.0 Å². The summed E-state index contributed by atoms with van der Waals surface area (Å²) >= 11 is 0. The number of nitrogens with one attached hydrogen (secondary N) is 2. The zero-order valence-electron chi connectivity index (χ0n) is 19.1. The molecule has 0 saturated carbocycles. The molecule has 1 amide bonds. The van der Waals surface area contributed by atoms with Gasteiger partial charge in [0.05, 0.1) is 30.7 Å². The quantitative estimate of drug-likeness (QED) is 0.243. The summed E-state index contributed by atoms with van der Waals surface area (Å²) in [6, 6.07) is 21.4. The largest absolute Gasteiger partial charge is 0.490 e. The lowest BCUT2D eigenvalue weighted by Gasteiger charge is -2.13. The SMILES string of the molecule is CCOC(=O)c1ccc(NC(=O)COc2ccc(C=NNc3ccccc3)cc2OCC)cc1. The molecule has 0 aromatic heterocycles. The Morgan fingerprint density at radius 3 is 2.32 bits per heavy atom. The molecule has 0 atom stereocenters. The lowest BCUT2D eigenvalue weighted by molar-refractivity contribution is -0.118. The van der Waals surface area contributed by atoms with Crippen molar-refractivity contribution in [1.82, 2.24) is 0 Å². The van der Waals surface area contributed by atoms with Gasteiger partial charge in [-0.1, -0.05) is 18.2 Å². The molecule has 0 aliphatic rings. The van der Waals surface area contributed by atoms with E-state index in [4.69, 9.17) is 14.2 Å². The van der Waals surface area contributed by atoms with Gasteiger partial charge in [0.25, 0.3) is 5.91 Å². The maximum absolute atomic E-state index is 12.3. The van der Waals surface area contributed by atoms with Gasteiger partial charge in [0.2, 0.25) is 0 Å². The first-order valence-corrected chi connectivity index (χ1v) is 10.9. The van der Waals surface area contributed by atoms with E-state index < -0.39 is 5.97 Å². The van der Waals surface area contributed by atoms with Gasteiger partial charge in [-0.25, -0.2) is 4.79 Å². The van der Waals surface area contributed by atoms with Gasteiger partial charge in [0.1, 0.15) is 0 Å². The minimum absolute atomic E-state index is 0.206. The molecule has 8 heteroatoms. The van der Waals surface area contributed by atoms with Gasteiger partial charge in [-0.05, 0) is 74.0 Å². The van der Waals surface area contributed by atoms with Gasteiger partial charge in [0, 0.05) is 5.69 Å². The Kier molecular flexibility index (Phi) is 9.04. The first-order valence-electron chi connectivity index (χ1n) is 10.9. The molecule has 0 heterocycles. The molecule has 0 saturated heterocycles. The minimum Gasteiger partial charge on any atom is -0.490 e. The molecular formula is C26H27N3O5. The Hall–Kier alpha value is -4.33. The van der Waals surface area contributed by atoms with E-state index in [9.17, 15) is 9.59 Å². The van der Waals surface area contributed by atoms with Gasteiger partial charge in [-0.2, -0.15) is 5.10 Å². The molecule has 3 aromatic rings. The third-order valence-electron chi connectivity index (χ3n) is 4.49. The highest BCUT2D eigenvalue weighted by Gasteiger charge is 2.10. The molecule has 34 heavy (non-hydrogen) atoms. The Morgan fingerprint density at radius 2 is 1.62 bits per heavy atom. The van der Waals surface area contributed by atoms with Gasteiger partial charge in [-0.15, -0.1) is 0 Å². The maximum Gasteiger partial charge on any atom is 0.338 e. The Balaban J connectivity index is 1.56. The number of benzene rings is 3. The fourth-order valence-electron chi connectivity index (χ4n) is 2.93. The first kappa shape index (κ1) is 24.3. The highest BCUT2D eigenvalue weighted by molar-refractivity contribution is 5.93. The standard InChI is InChI=1S/C26H27N3O5/c1-3-32-24-16-19(17-27-29-22-8-6-5-7-9-22)10-15-23(24)34-18-25(30)28-21-13-11-20(12-14-21)26(31)33-4-2/h5-17,29H,3-4,18H2,1-2H3,(H,28,30). The second-order valence-corrected chi connectivity index (χ2v) is 7.01. The van der Waals surface area contributed by atoms with Crippen molar-refractivity contribution in [2.24, 2.45) is 5.10 Å². The van der Waals surface area contributed by atoms with Crippen LogP contribution in [-0.4, -0.2) is 37.9 Å². The van der Waals surface area contributed by atoms with Crippen LogP contribution in [0.1, 0.15) is 29.8 Å². The van der Waals surface area contributed by atoms with Crippen LogP contribution in [-0.2, 0) is 9.53 Å². The van der Waals surface area contributed by atoms with Gasteiger partial charge in [0.15, 0.2) is 18.1 Å². The molecule has 3 rings (SSSR count). The smallest absolute Gasteiger partial charge is 0.338 e. The molecule has 0 fully saturated rings. The number of anilines is 2. The summed E-state index contributed by atoms with van der Waals surface area (Å²) in [5.41, 5.74) is 5.61. The summed E-state index contributed by atoms with van der Waals surface area (Å²) < 4.78 is 16.3. The molecule has 0 unspecified atom stereocenters. The van der Waals surface area contributed by atoms with Crippen LogP contribution in [0.15, 0.2) is 77.9 Å². The molecule has 0 aliphatic carbocycles. The van der Waals surface area contributed by atoms with Crippen molar-refractivity contribution in [3.63, 3.8) is 0 Å². The second-order valence-electron chi connectivity index (χ2n) is 7.01. The number of ether oxygens (including phenoxy) is 3. The number of rotatable bonds is 11. The van der Waals surface area contributed by atoms with Crippen LogP contribution in [0.25, 0.3) is 0 Å². The summed E-state index contributed by atoms with van der Waals surface area (Å²) in [4.78, 5) is 24.0. The predicted molar refractivity (Wildman–Crippen MR) is 132 cm³/mol. The van der Waals surface area contributed by atoms with E-state index in [1.165, 1.54) is 0 Å². The summed E-state index contributed by atoms with van der Waals surface area (Å²) in [5, 5.41) is 6.96. The third kappa shape index (κ3) is 7.37. The van der Waals surface area contributed by atoms with Gasteiger partial charge in [-0.3, -0.25) is 10.2 Å². The van der Waals surface area contributed by atoms with E-state index in [2.05, 4.69) is 15.8 Å². The van der Waals surface area contributed by atoms with Crippen molar-refractivity contribution in [2.45, 2.75) is 13.8 Å². The Labute approximate surface area is 198 Å². The fourth-order valence-corrected chi connectivity index (χ4v) is 2.93. The summed E-state index contributed by atoms with van der Waals surface area (Å²) in [6.45, 7) is 4.15. The lowest BCUT2D eigenvalue weighted by atomic mass is 10.2. The average molecular weight is 462 g/mol. The number of carbonyl (C=O) groups is 2. The number of esters is 1. The monoisotopic (exact) mass is 461 g/mol. The van der Waals surface area contributed by atoms with Crippen LogP contribution >= 0.6 is 0 Å². The van der Waals surface area contributed by atoms with Crippen LogP contribution in [0, 0.1) is 0 Å². The van der Waals surface area contributed by atoms with Crippen molar-refractivity contribution in [3.05, 3.63) is 83.9 Å². The van der Waals surface area contributed by atoms with Crippen LogP contribution < -0.4 is 20.2 Å². The van der Waals surface area contributed by atoms with Crippen LogP contribution in [0.5, 0.6) is 11.5 Å². The molecule has 8 nitrogen and oxygen atoms in total. The summed E-state index contributed by atoms with van der Waals surface area (Å²) in [5.74, 6) is 0.209. The molecular weight excluding hydrogens is 434 g/mol. The average Bonchev–Trinajstić information content (AvgIpc) is 2.85. The number of hydrogen-bond acceptors (Lipinski definition) is 7. The minimum atomic E-state index is -0.406. The maximum atomic E-state index is 12.3. The molecule has 0 spiro atoms. The zero-order valence-corrected chi connectivity index (χ0v) is 19.1. The van der Waals surface area contributed by atoms with Crippen LogP contribution in [0.2, 0.25) is 0 Å². The van der Waals surface area contributed by atoms with Crippen LogP contribution in [0.3, 0.4) is 0 Å². The molecule has 3 aromatic carbocycles. The van der Waals surface area contributed by atoms with E-state index >= 15 is 0 Å². The lowest BCUT2D eigenvalue weighted by Crippen LogP contribution is -2.20. The van der Waals surface area contributed by atoms with E-state index in [0.717, 1.165) is 11.3 Å². The topological polar surface area (TPSA) is 98.2 Å². The van der Waals surface area contributed by atoms with E-state index in [1.54, 1.807) is 49.5 Å². The molecule has 0 radical (unpaired) electrons. The van der Waals surface area contributed by atoms with Gasteiger partial charge < -0.3 is 19.5 Å². The number of nitrogens with zero attached hydrogens (tertiary/aromatic N) is 1. The Morgan fingerprint density at radius 1 is 0.853 bits per heavy atom. The number of carbonyl (C=O) groups excluding carboxylic acids is 2. The van der Waals surface area contributed by atoms with E-state index in [1.807, 2.05) is 43.3 Å². The molecule has 176 valence electrons. The number of amides is 1. The van der Waals surface area contributed by atoms with Crippen molar-refractivity contribution in [3.8, 4) is 11.5 Å². The number of para-hydroxylation sites is 1. The second kappa shape index (κ2) is 12.6. The third-order valence-corrected chi connectivity index (χ3v) is 4.49. The predicted octanol–water partition coefficient (Wildman–Crippen LogP) is 4.73. The molecule has 2 N–H and O–H groups in total. The number of hydrazone groups is 1. The molecule has 0 aliphatic heterocycles. The van der Waals surface area contributed by atoms with Crippen LogP contribution in [0.4, 0.5) is 11.4 Å². The van der Waals surface area contributed by atoms with Crippen molar-refractivity contribution in [2.75, 3.05) is 30.6 Å². The van der Waals surface area contributed by atoms with Crippen molar-refractivity contribution >= 4 is 29.5 Å². The zero-order chi connectivity index (χ0) is 24.2. The van der Waals surface area contributed by atoms with Crippen molar-refractivity contribution in [1.29, 1.82) is 0 Å². The highest BCUT2D eigenvalue weighted by atomic mass is 16.5. The normalized spacial score (nSPS) is 10.5. The number of hydrogen-bond donors (Lipinski definition) is 2. The summed E-state index contributed by atoms with van der Waals surface area (Å²) in [7, 11) is 0. The fraction of sp³-hybridized carbons (Fsp3) is 0.192. The summed E-state index contributed by atoms with van der Waals surface area (Å²) in [6.07, 6.45) is 1.67. The highest BCUT2D eigenvalue weighted by Crippen LogP contribution is 2.28. The Bertz CT molecular complexity index is 1120. The molecule has 0 bridgehead atoms. The first-order chi connectivity index (χ1) is 16.6. The van der Waals surface area contributed by atoms with E-state index in [-0.39, 0.29) is 12.5 Å². The van der Waals surface area contributed by atoms with Crippen molar-refractivity contribution < 1.29 is 23.8 Å². The van der Waals surface area contributed by atoms with Gasteiger partial charge >= 0.3 is 5.97 Å².